The number of fused-ring (bicyclic) bond motifs is 16. The first-order chi connectivity index (χ1) is 25.3. The van der Waals surface area contributed by atoms with E-state index in [1.807, 2.05) is 6.07 Å². The number of para-hydroxylation sites is 2. The van der Waals surface area contributed by atoms with Crippen LogP contribution in [-0.2, 0) is 5.41 Å². The Balaban J connectivity index is 1.14. The second kappa shape index (κ2) is 9.68. The van der Waals surface area contributed by atoms with Crippen LogP contribution in [0, 0.1) is 0 Å². The summed E-state index contributed by atoms with van der Waals surface area (Å²) in [5, 5.41) is 14.0. The average Bonchev–Trinajstić information content (AvgIpc) is 3.94. The molecule has 1 spiro atoms. The maximum atomic E-state index is 6.55. The highest BCUT2D eigenvalue weighted by Crippen LogP contribution is 2.63. The smallest absolute Gasteiger partial charge is 0.168 e. The quantitative estimate of drug-likeness (QED) is 0.187. The lowest BCUT2D eigenvalue weighted by Crippen LogP contribution is -2.26. The molecule has 0 bridgehead atoms. The van der Waals surface area contributed by atoms with E-state index in [-0.39, 0.29) is 0 Å². The summed E-state index contributed by atoms with van der Waals surface area (Å²) in [6.07, 6.45) is 2.09. The molecule has 3 aromatic heterocycles. The van der Waals surface area contributed by atoms with Gasteiger partial charge in [-0.25, -0.2) is 0 Å². The summed E-state index contributed by atoms with van der Waals surface area (Å²) in [4.78, 5) is 0. The summed E-state index contributed by atoms with van der Waals surface area (Å²) in [7, 11) is 0. The van der Waals surface area contributed by atoms with Crippen molar-refractivity contribution in [3.63, 3.8) is 0 Å². The van der Waals surface area contributed by atoms with Gasteiger partial charge in [0.2, 0.25) is 0 Å². The Morgan fingerprint density at radius 3 is 1.86 bits per heavy atom. The van der Waals surface area contributed by atoms with Crippen LogP contribution in [0.4, 0.5) is 0 Å². The fourth-order valence-corrected chi connectivity index (χ4v) is 9.23. The Bertz CT molecular complexity index is 3060. The lowest BCUT2D eigenvalue weighted by Gasteiger charge is -2.31. The van der Waals surface area contributed by atoms with Gasteiger partial charge in [0.15, 0.2) is 11.5 Å². The van der Waals surface area contributed by atoms with Gasteiger partial charge in [-0.15, -0.1) is 10.2 Å². The largest absolute Gasteiger partial charge is 0.455 e. The van der Waals surface area contributed by atoms with Crippen LogP contribution in [0.15, 0.2) is 168 Å². The molecular formula is C47H27N3O. The first kappa shape index (κ1) is 27.1. The van der Waals surface area contributed by atoms with Gasteiger partial charge in [0.05, 0.1) is 5.41 Å². The van der Waals surface area contributed by atoms with E-state index in [4.69, 9.17) is 14.6 Å². The van der Waals surface area contributed by atoms with Crippen LogP contribution < -0.4 is 0 Å². The minimum atomic E-state index is -0.515. The van der Waals surface area contributed by atoms with Crippen LogP contribution in [0.2, 0.25) is 0 Å². The van der Waals surface area contributed by atoms with E-state index in [9.17, 15) is 0 Å². The third-order valence-electron chi connectivity index (χ3n) is 11.4. The van der Waals surface area contributed by atoms with E-state index in [1.165, 1.54) is 44.5 Å². The first-order valence-electron chi connectivity index (χ1n) is 17.4. The molecule has 0 fully saturated rings. The van der Waals surface area contributed by atoms with Crippen LogP contribution in [-0.4, -0.2) is 14.6 Å². The molecule has 0 unspecified atom stereocenters. The number of furan rings is 1. The molecule has 12 rings (SSSR count). The van der Waals surface area contributed by atoms with Gasteiger partial charge in [-0.3, -0.25) is 4.40 Å². The minimum Gasteiger partial charge on any atom is -0.455 e. The zero-order valence-electron chi connectivity index (χ0n) is 27.3. The van der Waals surface area contributed by atoms with Gasteiger partial charge in [-0.2, -0.15) is 0 Å². The van der Waals surface area contributed by atoms with Gasteiger partial charge in [0, 0.05) is 33.5 Å². The Hall–Kier alpha value is -6.78. The Morgan fingerprint density at radius 1 is 0.451 bits per heavy atom. The summed E-state index contributed by atoms with van der Waals surface area (Å²) in [5.41, 5.74) is 15.7. The maximum Gasteiger partial charge on any atom is 0.168 e. The molecule has 0 aliphatic heterocycles. The summed E-state index contributed by atoms with van der Waals surface area (Å²) in [5.74, 6) is 0.835. The predicted octanol–water partition coefficient (Wildman–Crippen LogP) is 11.5. The van der Waals surface area contributed by atoms with Crippen LogP contribution in [0.3, 0.4) is 0 Å². The molecule has 51 heavy (non-hydrogen) atoms. The molecule has 236 valence electrons. The molecule has 7 aromatic carbocycles. The topological polar surface area (TPSA) is 43.3 Å². The molecular weight excluding hydrogens is 623 g/mol. The van der Waals surface area contributed by atoms with E-state index in [0.29, 0.717) is 0 Å². The number of pyridine rings is 1. The van der Waals surface area contributed by atoms with Crippen LogP contribution in [0.5, 0.6) is 0 Å². The fourth-order valence-electron chi connectivity index (χ4n) is 9.23. The number of rotatable bonds is 2. The van der Waals surface area contributed by atoms with E-state index in [2.05, 4.69) is 162 Å². The van der Waals surface area contributed by atoms with Crippen molar-refractivity contribution >= 4 is 38.4 Å². The van der Waals surface area contributed by atoms with Crippen molar-refractivity contribution in [2.45, 2.75) is 5.41 Å². The van der Waals surface area contributed by atoms with Gasteiger partial charge in [-0.1, -0.05) is 133 Å². The van der Waals surface area contributed by atoms with Crippen molar-refractivity contribution in [1.82, 2.24) is 14.6 Å². The molecule has 10 aromatic rings. The second-order valence-corrected chi connectivity index (χ2v) is 13.8. The minimum absolute atomic E-state index is 0.515. The van der Waals surface area contributed by atoms with Gasteiger partial charge in [0.1, 0.15) is 11.2 Å². The zero-order chi connectivity index (χ0) is 33.3. The maximum absolute atomic E-state index is 6.55. The highest BCUT2D eigenvalue weighted by molar-refractivity contribution is 6.10. The summed E-state index contributed by atoms with van der Waals surface area (Å²) in [6.45, 7) is 0. The van der Waals surface area contributed by atoms with Gasteiger partial charge in [0.25, 0.3) is 0 Å². The SMILES string of the molecule is c1ccc2c(c1)-c1ccccc1C21c2cc(-c3cccc4c3oc3ccccc34)ccc2-c2ccc(-c3nnc4c5ccccc5ccn34)cc21. The van der Waals surface area contributed by atoms with E-state index in [0.717, 1.165) is 60.9 Å². The standard InChI is InChI=1S/C47H27N3O/c1-2-11-32-28(10-1)24-25-50-45(48-49-46(32)50)30-21-23-36-35-22-20-29(31-15-9-16-38-37-14-5-8-19-43(37)51-44(31)38)26-41(35)47(42(36)27-30)39-17-6-3-12-33(39)34-13-4-7-18-40(34)47/h1-27H. The third kappa shape index (κ3) is 3.39. The van der Waals surface area contributed by atoms with E-state index >= 15 is 0 Å². The lowest BCUT2D eigenvalue weighted by atomic mass is 9.70. The molecule has 4 nitrogen and oxygen atoms in total. The van der Waals surface area contributed by atoms with Gasteiger partial charge >= 0.3 is 0 Å². The van der Waals surface area contributed by atoms with E-state index in [1.54, 1.807) is 0 Å². The highest BCUT2D eigenvalue weighted by atomic mass is 16.3. The van der Waals surface area contributed by atoms with Crippen LogP contribution >= 0.6 is 0 Å². The average molecular weight is 650 g/mol. The predicted molar refractivity (Wildman–Crippen MR) is 205 cm³/mol. The third-order valence-corrected chi connectivity index (χ3v) is 11.4. The molecule has 0 atom stereocenters. The Kier molecular flexibility index (Phi) is 5.14. The van der Waals surface area contributed by atoms with Gasteiger partial charge in [-0.05, 0) is 79.7 Å². The zero-order valence-corrected chi connectivity index (χ0v) is 27.3. The molecule has 0 radical (unpaired) electrons. The monoisotopic (exact) mass is 649 g/mol. The molecule has 0 saturated heterocycles. The summed E-state index contributed by atoms with van der Waals surface area (Å²) < 4.78 is 8.68. The number of nitrogens with zero attached hydrogens (tertiary/aromatic N) is 3. The summed E-state index contributed by atoms with van der Waals surface area (Å²) >= 11 is 0. The van der Waals surface area contributed by atoms with Gasteiger partial charge < -0.3 is 4.42 Å². The normalized spacial score (nSPS) is 13.6. The van der Waals surface area contributed by atoms with Crippen molar-refractivity contribution in [3.8, 4) is 44.8 Å². The molecule has 2 aliphatic carbocycles. The van der Waals surface area contributed by atoms with Crippen molar-refractivity contribution in [1.29, 1.82) is 0 Å². The molecule has 0 amide bonds. The summed E-state index contributed by atoms with van der Waals surface area (Å²) in [6, 6.07) is 57.1. The fraction of sp³-hybridized carbons (Fsp3) is 0.0213. The number of hydrogen-bond donors (Lipinski definition) is 0. The van der Waals surface area contributed by atoms with E-state index < -0.39 is 5.41 Å². The first-order valence-corrected chi connectivity index (χ1v) is 17.4. The van der Waals surface area contributed by atoms with Crippen molar-refractivity contribution in [3.05, 3.63) is 186 Å². The second-order valence-electron chi connectivity index (χ2n) is 13.8. The van der Waals surface area contributed by atoms with Crippen LogP contribution in [0.25, 0.3) is 83.1 Å². The number of aromatic nitrogens is 3. The Morgan fingerprint density at radius 2 is 1.06 bits per heavy atom. The van der Waals surface area contributed by atoms with Crippen LogP contribution in [0.1, 0.15) is 22.3 Å². The number of hydrogen-bond acceptors (Lipinski definition) is 3. The molecule has 0 saturated carbocycles. The number of benzene rings is 7. The van der Waals surface area contributed by atoms with Crippen molar-refractivity contribution in [2.24, 2.45) is 0 Å². The van der Waals surface area contributed by atoms with Crippen molar-refractivity contribution < 1.29 is 4.42 Å². The molecule has 4 heteroatoms. The molecule has 3 heterocycles. The highest BCUT2D eigenvalue weighted by Gasteiger charge is 2.51. The lowest BCUT2D eigenvalue weighted by molar-refractivity contribution is 0.670. The molecule has 0 N–H and O–H groups in total. The van der Waals surface area contributed by atoms with Crippen molar-refractivity contribution in [2.75, 3.05) is 0 Å². The molecule has 2 aliphatic rings. The Labute approximate surface area is 292 Å².